The summed E-state index contributed by atoms with van der Waals surface area (Å²) in [4.78, 5) is 25.6. The SMILES string of the molecule is O=C(NC1CCN(C(=O)OCCCl)CC1)c1ccccc1I. The van der Waals surface area contributed by atoms with E-state index >= 15 is 0 Å². The fraction of sp³-hybridized carbons (Fsp3) is 0.467. The van der Waals surface area contributed by atoms with Crippen molar-refractivity contribution in [2.75, 3.05) is 25.6 Å². The molecule has 22 heavy (non-hydrogen) atoms. The number of alkyl halides is 1. The molecule has 2 rings (SSSR count). The third-order valence-corrected chi connectivity index (χ3v) is 4.60. The molecule has 1 aliphatic heterocycles. The van der Waals surface area contributed by atoms with Crippen molar-refractivity contribution < 1.29 is 14.3 Å². The number of carbonyl (C=O) groups excluding carboxylic acids is 2. The van der Waals surface area contributed by atoms with Crippen LogP contribution in [0.3, 0.4) is 0 Å². The second-order valence-electron chi connectivity index (χ2n) is 5.02. The Bertz CT molecular complexity index is 533. The van der Waals surface area contributed by atoms with E-state index in [9.17, 15) is 9.59 Å². The summed E-state index contributed by atoms with van der Waals surface area (Å²) >= 11 is 7.65. The van der Waals surface area contributed by atoms with Crippen molar-refractivity contribution in [3.05, 3.63) is 33.4 Å². The minimum atomic E-state index is -0.331. The molecule has 0 bridgehead atoms. The Labute approximate surface area is 148 Å². The van der Waals surface area contributed by atoms with E-state index in [2.05, 4.69) is 27.9 Å². The maximum atomic E-state index is 12.3. The van der Waals surface area contributed by atoms with Gasteiger partial charge in [0.2, 0.25) is 0 Å². The Hall–Kier alpha value is -1.02. The first-order valence-electron chi connectivity index (χ1n) is 7.15. The fourth-order valence-corrected chi connectivity index (χ4v) is 3.04. The van der Waals surface area contributed by atoms with Gasteiger partial charge in [-0.15, -0.1) is 11.6 Å². The number of hydrogen-bond donors (Lipinski definition) is 1. The van der Waals surface area contributed by atoms with Crippen LogP contribution in [-0.2, 0) is 4.74 Å². The lowest BCUT2D eigenvalue weighted by atomic mass is 10.0. The van der Waals surface area contributed by atoms with Gasteiger partial charge in [0.15, 0.2) is 0 Å². The highest BCUT2D eigenvalue weighted by atomic mass is 127. The molecule has 7 heteroatoms. The Morgan fingerprint density at radius 2 is 2.00 bits per heavy atom. The molecule has 0 aromatic heterocycles. The largest absolute Gasteiger partial charge is 0.448 e. The number of amides is 2. The molecular weight excluding hydrogens is 419 g/mol. The Kier molecular flexibility index (Phi) is 6.75. The Morgan fingerprint density at radius 1 is 1.32 bits per heavy atom. The molecule has 120 valence electrons. The van der Waals surface area contributed by atoms with Crippen LogP contribution in [0.25, 0.3) is 0 Å². The van der Waals surface area contributed by atoms with Crippen LogP contribution in [0.1, 0.15) is 23.2 Å². The van der Waals surface area contributed by atoms with Crippen LogP contribution in [-0.4, -0.2) is 48.5 Å². The smallest absolute Gasteiger partial charge is 0.409 e. The molecular formula is C15H18ClIN2O3. The molecule has 5 nitrogen and oxygen atoms in total. The van der Waals surface area contributed by atoms with Gasteiger partial charge in [-0.1, -0.05) is 12.1 Å². The third kappa shape index (κ3) is 4.74. The van der Waals surface area contributed by atoms with Gasteiger partial charge in [-0.3, -0.25) is 4.79 Å². The molecule has 1 fully saturated rings. The normalized spacial score (nSPS) is 15.5. The topological polar surface area (TPSA) is 58.6 Å². The van der Waals surface area contributed by atoms with Crippen molar-refractivity contribution in [1.82, 2.24) is 10.2 Å². The van der Waals surface area contributed by atoms with Gasteiger partial charge in [-0.2, -0.15) is 0 Å². The quantitative estimate of drug-likeness (QED) is 0.583. The first-order chi connectivity index (χ1) is 10.6. The number of likely N-dealkylation sites (tertiary alicyclic amines) is 1. The molecule has 1 aliphatic rings. The van der Waals surface area contributed by atoms with E-state index in [1.165, 1.54) is 0 Å². The van der Waals surface area contributed by atoms with Gasteiger partial charge in [-0.25, -0.2) is 4.79 Å². The average Bonchev–Trinajstić information content (AvgIpc) is 2.53. The minimum absolute atomic E-state index is 0.0619. The van der Waals surface area contributed by atoms with E-state index in [4.69, 9.17) is 16.3 Å². The summed E-state index contributed by atoms with van der Waals surface area (Å²) in [5, 5.41) is 3.03. The highest BCUT2D eigenvalue weighted by Gasteiger charge is 2.25. The van der Waals surface area contributed by atoms with Crippen LogP contribution in [0.4, 0.5) is 4.79 Å². The first kappa shape index (κ1) is 17.3. The van der Waals surface area contributed by atoms with Gasteiger partial charge >= 0.3 is 6.09 Å². The zero-order valence-corrected chi connectivity index (χ0v) is 15.0. The molecule has 0 spiro atoms. The second kappa shape index (κ2) is 8.57. The number of piperidine rings is 1. The number of nitrogens with one attached hydrogen (secondary N) is 1. The number of nitrogens with zero attached hydrogens (tertiary/aromatic N) is 1. The molecule has 1 heterocycles. The molecule has 0 unspecified atom stereocenters. The number of carbonyl (C=O) groups is 2. The zero-order chi connectivity index (χ0) is 15.9. The molecule has 2 amide bonds. The van der Waals surface area contributed by atoms with Crippen LogP contribution in [0.2, 0.25) is 0 Å². The van der Waals surface area contributed by atoms with E-state index < -0.39 is 0 Å². The van der Waals surface area contributed by atoms with Crippen LogP contribution < -0.4 is 5.32 Å². The summed E-state index contributed by atoms with van der Waals surface area (Å²) in [6, 6.07) is 7.57. The predicted molar refractivity (Wildman–Crippen MR) is 93.3 cm³/mol. The van der Waals surface area contributed by atoms with Crippen molar-refractivity contribution in [2.24, 2.45) is 0 Å². The minimum Gasteiger partial charge on any atom is -0.448 e. The zero-order valence-electron chi connectivity index (χ0n) is 12.1. The molecule has 0 aliphatic carbocycles. The van der Waals surface area contributed by atoms with Gasteiger partial charge in [0, 0.05) is 22.7 Å². The van der Waals surface area contributed by atoms with Crippen molar-refractivity contribution in [3.63, 3.8) is 0 Å². The van der Waals surface area contributed by atoms with Crippen molar-refractivity contribution in [1.29, 1.82) is 0 Å². The third-order valence-electron chi connectivity index (χ3n) is 3.51. The number of hydrogen-bond acceptors (Lipinski definition) is 3. The summed E-state index contributed by atoms with van der Waals surface area (Å²) in [5.74, 6) is 0.238. The van der Waals surface area contributed by atoms with E-state index in [0.29, 0.717) is 24.5 Å². The van der Waals surface area contributed by atoms with Gasteiger partial charge in [0.25, 0.3) is 5.91 Å². The maximum absolute atomic E-state index is 12.3. The Morgan fingerprint density at radius 3 is 2.64 bits per heavy atom. The lowest BCUT2D eigenvalue weighted by Crippen LogP contribution is -2.46. The summed E-state index contributed by atoms with van der Waals surface area (Å²) in [7, 11) is 0. The number of ether oxygens (including phenoxy) is 1. The van der Waals surface area contributed by atoms with Crippen LogP contribution >= 0.6 is 34.2 Å². The van der Waals surface area contributed by atoms with Crippen LogP contribution in [0, 0.1) is 3.57 Å². The number of rotatable bonds is 4. The van der Waals surface area contributed by atoms with Gasteiger partial charge < -0.3 is 15.0 Å². The molecule has 1 saturated heterocycles. The van der Waals surface area contributed by atoms with E-state index in [1.54, 1.807) is 4.90 Å². The number of halogens is 2. The highest BCUT2D eigenvalue weighted by molar-refractivity contribution is 14.1. The second-order valence-corrected chi connectivity index (χ2v) is 6.56. The maximum Gasteiger partial charge on any atom is 0.409 e. The first-order valence-corrected chi connectivity index (χ1v) is 8.76. The summed E-state index contributed by atoms with van der Waals surface area (Å²) in [6.45, 7) is 1.39. The fourth-order valence-electron chi connectivity index (χ4n) is 2.33. The van der Waals surface area contributed by atoms with Gasteiger partial charge in [-0.05, 0) is 47.6 Å². The van der Waals surface area contributed by atoms with E-state index in [0.717, 1.165) is 16.4 Å². The molecule has 0 atom stereocenters. The highest BCUT2D eigenvalue weighted by Crippen LogP contribution is 2.15. The summed E-state index contributed by atoms with van der Waals surface area (Å²) in [6.07, 6.45) is 1.12. The Balaban J connectivity index is 1.81. The molecule has 1 aromatic carbocycles. The van der Waals surface area contributed by atoms with Gasteiger partial charge in [0.1, 0.15) is 6.61 Å². The van der Waals surface area contributed by atoms with Crippen molar-refractivity contribution in [3.8, 4) is 0 Å². The van der Waals surface area contributed by atoms with Crippen LogP contribution in [0.5, 0.6) is 0 Å². The monoisotopic (exact) mass is 436 g/mol. The molecule has 1 aromatic rings. The molecule has 1 N–H and O–H groups in total. The standard InChI is InChI=1S/C15H18ClIN2O3/c16-7-10-22-15(21)19-8-5-11(6-9-19)18-14(20)12-3-1-2-4-13(12)17/h1-4,11H,5-10H2,(H,18,20). The summed E-state index contributed by atoms with van der Waals surface area (Å²) < 4.78 is 5.93. The lowest BCUT2D eigenvalue weighted by Gasteiger charge is -2.31. The molecule has 0 saturated carbocycles. The van der Waals surface area contributed by atoms with Crippen molar-refractivity contribution in [2.45, 2.75) is 18.9 Å². The lowest BCUT2D eigenvalue weighted by molar-refractivity contribution is 0.0861. The van der Waals surface area contributed by atoms with Crippen LogP contribution in [0.15, 0.2) is 24.3 Å². The van der Waals surface area contributed by atoms with E-state index in [-0.39, 0.29) is 24.6 Å². The molecule has 0 radical (unpaired) electrons. The average molecular weight is 437 g/mol. The summed E-state index contributed by atoms with van der Waals surface area (Å²) in [5.41, 5.74) is 0.687. The van der Waals surface area contributed by atoms with E-state index in [1.807, 2.05) is 24.3 Å². The van der Waals surface area contributed by atoms with Gasteiger partial charge in [0.05, 0.1) is 11.4 Å². The predicted octanol–water partition coefficient (Wildman–Crippen LogP) is 2.86. The number of benzene rings is 1. The van der Waals surface area contributed by atoms with Crippen molar-refractivity contribution >= 4 is 46.2 Å².